The second-order valence-electron chi connectivity index (χ2n) is 10.4. The number of amides is 1. The lowest BCUT2D eigenvalue weighted by Gasteiger charge is -2.38. The molecule has 0 unspecified atom stereocenters. The molecule has 186 valence electrons. The third kappa shape index (κ3) is 3.74. The normalized spacial score (nSPS) is 20.7. The minimum Gasteiger partial charge on any atom is -0.481 e. The molecule has 3 aromatic rings. The first kappa shape index (κ1) is 23.3. The van der Waals surface area contributed by atoms with Crippen LogP contribution in [-0.4, -0.2) is 60.4 Å². The molecule has 10 nitrogen and oxygen atoms in total. The van der Waals surface area contributed by atoms with Crippen molar-refractivity contribution in [1.29, 1.82) is 0 Å². The molecule has 3 aromatic heterocycles. The molecule has 0 saturated heterocycles. The van der Waals surface area contributed by atoms with Crippen molar-refractivity contribution in [2.45, 2.75) is 59.3 Å². The fourth-order valence-corrected chi connectivity index (χ4v) is 5.33. The first-order chi connectivity index (χ1) is 16.5. The molecule has 0 spiro atoms. The van der Waals surface area contributed by atoms with Gasteiger partial charge in [0.05, 0.1) is 41.3 Å². The van der Waals surface area contributed by atoms with Crippen LogP contribution in [0, 0.1) is 11.2 Å². The lowest BCUT2D eigenvalue weighted by molar-refractivity contribution is -0.148. The molecule has 3 N–H and O–H groups in total. The van der Waals surface area contributed by atoms with Crippen LogP contribution in [0.3, 0.4) is 0 Å². The van der Waals surface area contributed by atoms with E-state index in [1.54, 1.807) is 26.0 Å². The summed E-state index contributed by atoms with van der Waals surface area (Å²) in [6, 6.07) is 3.50. The van der Waals surface area contributed by atoms with Gasteiger partial charge in [0.25, 0.3) is 5.91 Å². The second kappa shape index (κ2) is 8.04. The number of primary amides is 1. The highest BCUT2D eigenvalue weighted by molar-refractivity contribution is 5.93. The van der Waals surface area contributed by atoms with Crippen LogP contribution >= 0.6 is 0 Å². The molecule has 2 aliphatic heterocycles. The fourth-order valence-electron chi connectivity index (χ4n) is 5.33. The van der Waals surface area contributed by atoms with E-state index in [1.165, 1.54) is 10.1 Å². The number of aromatic nitrogens is 4. The number of fused-ring (bicyclic) bond motifs is 4. The molecule has 35 heavy (non-hydrogen) atoms. The maximum atomic E-state index is 14.8. The molecule has 0 fully saturated rings. The van der Waals surface area contributed by atoms with Gasteiger partial charge in [-0.3, -0.25) is 19.2 Å². The molecule has 0 aliphatic carbocycles. The van der Waals surface area contributed by atoms with Gasteiger partial charge in [-0.05, 0) is 46.2 Å². The molecule has 0 radical (unpaired) electrons. The SMILES string of the molecule is C[C@@H]1CN(c2ccc(C(N)=O)n3ncc(F)c23)Cc2c3c(nn21)CN(CC(C)(C)C(=O)O)[C@@H](C)C3. The maximum absolute atomic E-state index is 14.8. The highest BCUT2D eigenvalue weighted by Crippen LogP contribution is 2.36. The molecular formula is C24H30FN7O3. The largest absolute Gasteiger partial charge is 0.481 e. The second-order valence-corrected chi connectivity index (χ2v) is 10.4. The lowest BCUT2D eigenvalue weighted by atomic mass is 9.89. The molecule has 5 heterocycles. The van der Waals surface area contributed by atoms with Crippen LogP contribution in [0.4, 0.5) is 10.1 Å². The molecule has 11 heteroatoms. The van der Waals surface area contributed by atoms with Crippen molar-refractivity contribution in [3.05, 3.63) is 46.8 Å². The van der Waals surface area contributed by atoms with Crippen LogP contribution in [0.1, 0.15) is 61.2 Å². The standard InChI is InChI=1S/C24H30FN7O3/c1-13-7-15-17(10-30(13)12-24(3,4)23(34)35)28-31-14(2)9-29(11-20(15)31)18-5-6-19(22(26)33)32-21(18)16(25)8-27-32/h5-6,8,13-14H,7,9-12H2,1-4H3,(H2,26,33)(H,34,35)/t13-,14+/m0/s1. The summed E-state index contributed by atoms with van der Waals surface area (Å²) in [5, 5.41) is 18.5. The van der Waals surface area contributed by atoms with Crippen LogP contribution in [0.5, 0.6) is 0 Å². The Hall–Kier alpha value is -3.47. The summed E-state index contributed by atoms with van der Waals surface area (Å²) in [6.45, 7) is 9.86. The first-order valence-electron chi connectivity index (χ1n) is 11.8. The lowest BCUT2D eigenvalue weighted by Crippen LogP contribution is -2.46. The topological polar surface area (TPSA) is 122 Å². The smallest absolute Gasteiger partial charge is 0.310 e. The average Bonchev–Trinajstić information content (AvgIpc) is 3.34. The van der Waals surface area contributed by atoms with Crippen LogP contribution in [0.2, 0.25) is 0 Å². The van der Waals surface area contributed by atoms with E-state index in [1.807, 2.05) is 0 Å². The van der Waals surface area contributed by atoms with Crippen molar-refractivity contribution >= 4 is 23.1 Å². The van der Waals surface area contributed by atoms with Gasteiger partial charge >= 0.3 is 5.97 Å². The summed E-state index contributed by atoms with van der Waals surface area (Å²) in [4.78, 5) is 27.8. The van der Waals surface area contributed by atoms with E-state index < -0.39 is 23.1 Å². The predicted octanol–water partition coefficient (Wildman–Crippen LogP) is 2.21. The van der Waals surface area contributed by atoms with E-state index in [0.717, 1.165) is 24.0 Å². The first-order valence-corrected chi connectivity index (χ1v) is 11.8. The molecule has 1 amide bonds. The van der Waals surface area contributed by atoms with Crippen LogP contribution in [0.15, 0.2) is 18.3 Å². The van der Waals surface area contributed by atoms with E-state index in [-0.39, 0.29) is 23.3 Å². The number of carbonyl (C=O) groups excluding carboxylic acids is 1. The number of nitrogens with two attached hydrogens (primary N) is 1. The van der Waals surface area contributed by atoms with Crippen molar-refractivity contribution in [2.75, 3.05) is 18.0 Å². The third-order valence-corrected chi connectivity index (χ3v) is 7.29. The van der Waals surface area contributed by atoms with Crippen LogP contribution in [0.25, 0.3) is 5.52 Å². The van der Waals surface area contributed by atoms with E-state index >= 15 is 0 Å². The average molecular weight is 484 g/mol. The van der Waals surface area contributed by atoms with Gasteiger partial charge in [-0.15, -0.1) is 0 Å². The number of anilines is 1. The summed E-state index contributed by atoms with van der Waals surface area (Å²) in [7, 11) is 0. The zero-order valence-corrected chi connectivity index (χ0v) is 20.3. The van der Waals surface area contributed by atoms with Crippen LogP contribution < -0.4 is 10.6 Å². The summed E-state index contributed by atoms with van der Waals surface area (Å²) in [5.41, 5.74) is 8.83. The van der Waals surface area contributed by atoms with E-state index in [9.17, 15) is 19.1 Å². The Morgan fingerprint density at radius 3 is 2.66 bits per heavy atom. The number of halogens is 1. The third-order valence-electron chi connectivity index (χ3n) is 7.29. The number of hydrogen-bond donors (Lipinski definition) is 2. The van der Waals surface area contributed by atoms with Crippen molar-refractivity contribution in [3.63, 3.8) is 0 Å². The van der Waals surface area contributed by atoms with E-state index in [4.69, 9.17) is 10.8 Å². The van der Waals surface area contributed by atoms with Gasteiger partial charge in [0.15, 0.2) is 5.82 Å². The Bertz CT molecular complexity index is 1340. The number of aliphatic carboxylic acids is 1. The fraction of sp³-hybridized carbons (Fsp3) is 0.500. The maximum Gasteiger partial charge on any atom is 0.310 e. The van der Waals surface area contributed by atoms with Gasteiger partial charge in [0.2, 0.25) is 0 Å². The number of nitrogens with zero attached hydrogens (tertiary/aromatic N) is 6. The quantitative estimate of drug-likeness (QED) is 0.571. The van der Waals surface area contributed by atoms with Gasteiger partial charge in [-0.1, -0.05) is 0 Å². The van der Waals surface area contributed by atoms with Crippen molar-refractivity contribution in [3.8, 4) is 0 Å². The van der Waals surface area contributed by atoms with E-state index in [0.29, 0.717) is 31.9 Å². The number of rotatable bonds is 5. The van der Waals surface area contributed by atoms with Gasteiger partial charge < -0.3 is 15.7 Å². The number of carbonyl (C=O) groups is 2. The highest BCUT2D eigenvalue weighted by atomic mass is 19.1. The minimum absolute atomic E-state index is 0.0328. The van der Waals surface area contributed by atoms with E-state index in [2.05, 4.69) is 33.4 Å². The number of hydrogen-bond acceptors (Lipinski definition) is 6. The van der Waals surface area contributed by atoms with Crippen molar-refractivity contribution in [2.24, 2.45) is 11.1 Å². The van der Waals surface area contributed by atoms with Crippen molar-refractivity contribution in [1.82, 2.24) is 24.3 Å². The summed E-state index contributed by atoms with van der Waals surface area (Å²) >= 11 is 0. The Morgan fingerprint density at radius 1 is 1.23 bits per heavy atom. The molecule has 0 saturated carbocycles. The number of pyridine rings is 1. The van der Waals surface area contributed by atoms with Crippen molar-refractivity contribution < 1.29 is 19.1 Å². The van der Waals surface area contributed by atoms with Gasteiger partial charge in [-0.2, -0.15) is 10.2 Å². The molecule has 2 aliphatic rings. The van der Waals surface area contributed by atoms with Gasteiger partial charge in [0, 0.05) is 31.2 Å². The highest BCUT2D eigenvalue weighted by Gasteiger charge is 2.37. The zero-order valence-electron chi connectivity index (χ0n) is 20.3. The monoisotopic (exact) mass is 483 g/mol. The Morgan fingerprint density at radius 2 is 1.97 bits per heavy atom. The summed E-state index contributed by atoms with van der Waals surface area (Å²) in [5.74, 6) is -2.00. The molecule has 0 aromatic carbocycles. The predicted molar refractivity (Wildman–Crippen MR) is 127 cm³/mol. The summed E-state index contributed by atoms with van der Waals surface area (Å²) in [6.07, 6.45) is 1.86. The molecular weight excluding hydrogens is 453 g/mol. The molecule has 2 atom stereocenters. The number of carboxylic acids is 1. The Balaban J connectivity index is 1.49. The van der Waals surface area contributed by atoms with Crippen LogP contribution in [-0.2, 0) is 24.3 Å². The minimum atomic E-state index is -0.854. The van der Waals surface area contributed by atoms with Gasteiger partial charge in [-0.25, -0.2) is 8.91 Å². The molecule has 5 rings (SSSR count). The number of carboxylic acid groups (broad SMARTS) is 1. The zero-order chi connectivity index (χ0) is 25.2. The molecule has 0 bridgehead atoms. The Labute approximate surface area is 202 Å². The Kier molecular flexibility index (Phi) is 5.35. The van der Waals surface area contributed by atoms with Gasteiger partial charge in [0.1, 0.15) is 11.2 Å². The summed E-state index contributed by atoms with van der Waals surface area (Å²) < 4.78 is 18.1.